The lowest BCUT2D eigenvalue weighted by Crippen LogP contribution is -2.20. The molecule has 0 radical (unpaired) electrons. The highest BCUT2D eigenvalue weighted by molar-refractivity contribution is 6.02. The Morgan fingerprint density at radius 2 is 1.74 bits per heavy atom. The van der Waals surface area contributed by atoms with Crippen LogP contribution in [-0.2, 0) is 11.2 Å². The highest BCUT2D eigenvalue weighted by atomic mass is 16.5. The van der Waals surface area contributed by atoms with Gasteiger partial charge in [0.05, 0.1) is 17.7 Å². The molecule has 35 heavy (non-hydrogen) atoms. The lowest BCUT2D eigenvalue weighted by molar-refractivity contribution is 0.0651. The summed E-state index contributed by atoms with van der Waals surface area (Å²) in [4.78, 5) is 24.6. The second-order valence-electron chi connectivity index (χ2n) is 9.01. The molecule has 0 fully saturated rings. The van der Waals surface area contributed by atoms with Crippen molar-refractivity contribution in [1.82, 2.24) is 0 Å². The number of aromatic carboxylic acids is 2. The fourth-order valence-corrected chi connectivity index (χ4v) is 4.26. The number of nitrogens with zero attached hydrogens (tertiary/aromatic N) is 1. The molecule has 186 valence electrons. The monoisotopic (exact) mass is 477 g/mol. The molecule has 2 aromatic rings. The second-order valence-corrected chi connectivity index (χ2v) is 9.01. The van der Waals surface area contributed by atoms with Crippen molar-refractivity contribution in [2.75, 3.05) is 25.1 Å². The minimum Gasteiger partial charge on any atom is -0.494 e. The molecule has 1 unspecified atom stereocenters. The van der Waals surface area contributed by atoms with Crippen LogP contribution in [0.4, 0.5) is 5.69 Å². The summed E-state index contributed by atoms with van der Waals surface area (Å²) < 4.78 is 5.92. The summed E-state index contributed by atoms with van der Waals surface area (Å²) in [6, 6.07) is 15.0. The zero-order valence-corrected chi connectivity index (χ0v) is 20.4. The van der Waals surface area contributed by atoms with Crippen LogP contribution in [0.5, 0.6) is 0 Å². The number of hydrogen-bond acceptors (Lipinski definition) is 4. The normalized spacial score (nSPS) is 14.9. The SMILES string of the molecule is CN(CCCC1C=CC(OCCCCCc2ccccc2)=CC1)c1ccc(C(=O)O)c(C(=O)O)c1. The van der Waals surface area contributed by atoms with Gasteiger partial charge in [0.2, 0.25) is 0 Å². The summed E-state index contributed by atoms with van der Waals surface area (Å²) >= 11 is 0. The van der Waals surface area contributed by atoms with Crippen LogP contribution in [-0.4, -0.2) is 42.4 Å². The Bertz CT molecular complexity index is 1040. The molecule has 2 N–H and O–H groups in total. The highest BCUT2D eigenvalue weighted by Crippen LogP contribution is 2.24. The first kappa shape index (κ1) is 26.1. The quantitative estimate of drug-likeness (QED) is 0.316. The van der Waals surface area contributed by atoms with E-state index in [2.05, 4.69) is 42.5 Å². The van der Waals surface area contributed by atoms with E-state index in [4.69, 9.17) is 4.74 Å². The van der Waals surface area contributed by atoms with Gasteiger partial charge in [0.15, 0.2) is 0 Å². The van der Waals surface area contributed by atoms with E-state index in [-0.39, 0.29) is 11.1 Å². The summed E-state index contributed by atoms with van der Waals surface area (Å²) in [6.45, 7) is 1.51. The van der Waals surface area contributed by atoms with Crippen LogP contribution >= 0.6 is 0 Å². The molecule has 6 heteroatoms. The van der Waals surface area contributed by atoms with Gasteiger partial charge in [0, 0.05) is 19.3 Å². The van der Waals surface area contributed by atoms with Crippen molar-refractivity contribution in [3.8, 4) is 0 Å². The Kier molecular flexibility index (Phi) is 9.96. The number of hydrogen-bond donors (Lipinski definition) is 2. The van der Waals surface area contributed by atoms with Gasteiger partial charge in [-0.1, -0.05) is 36.4 Å². The summed E-state index contributed by atoms with van der Waals surface area (Å²) in [5, 5.41) is 18.5. The number of ether oxygens (including phenoxy) is 1. The predicted octanol–water partition coefficient (Wildman–Crippen LogP) is 6.19. The molecule has 0 spiro atoms. The molecule has 0 saturated carbocycles. The number of benzene rings is 2. The molecule has 1 atom stereocenters. The summed E-state index contributed by atoms with van der Waals surface area (Å²) in [5.74, 6) is -1.05. The number of allylic oxidation sites excluding steroid dienone is 3. The second kappa shape index (κ2) is 13.4. The third-order valence-corrected chi connectivity index (χ3v) is 6.35. The molecular weight excluding hydrogens is 442 g/mol. The Labute approximate surface area is 207 Å². The Morgan fingerprint density at radius 3 is 2.43 bits per heavy atom. The van der Waals surface area contributed by atoms with Crippen LogP contribution in [0.3, 0.4) is 0 Å². The average Bonchev–Trinajstić information content (AvgIpc) is 2.87. The minimum absolute atomic E-state index is 0.189. The van der Waals surface area contributed by atoms with Gasteiger partial charge in [0.1, 0.15) is 5.76 Å². The van der Waals surface area contributed by atoms with Gasteiger partial charge < -0.3 is 19.8 Å². The third kappa shape index (κ3) is 8.32. The van der Waals surface area contributed by atoms with Crippen molar-refractivity contribution in [3.05, 3.63) is 89.2 Å². The number of rotatable bonds is 14. The zero-order valence-electron chi connectivity index (χ0n) is 20.4. The van der Waals surface area contributed by atoms with E-state index in [1.54, 1.807) is 6.07 Å². The van der Waals surface area contributed by atoms with Crippen LogP contribution in [0, 0.1) is 5.92 Å². The number of carboxylic acid groups (broad SMARTS) is 2. The number of aryl methyl sites for hydroxylation is 1. The molecule has 0 amide bonds. The van der Waals surface area contributed by atoms with Crippen LogP contribution in [0.1, 0.15) is 64.8 Å². The van der Waals surface area contributed by atoms with Crippen molar-refractivity contribution in [1.29, 1.82) is 0 Å². The molecule has 0 heterocycles. The van der Waals surface area contributed by atoms with E-state index in [9.17, 15) is 19.8 Å². The largest absolute Gasteiger partial charge is 0.494 e. The fourth-order valence-electron chi connectivity index (χ4n) is 4.26. The Morgan fingerprint density at radius 1 is 0.971 bits per heavy atom. The van der Waals surface area contributed by atoms with Gasteiger partial charge in [-0.05, 0) is 86.8 Å². The van der Waals surface area contributed by atoms with Gasteiger partial charge in [-0.25, -0.2) is 9.59 Å². The van der Waals surface area contributed by atoms with E-state index < -0.39 is 11.9 Å². The topological polar surface area (TPSA) is 87.1 Å². The number of anilines is 1. The van der Waals surface area contributed by atoms with Crippen molar-refractivity contribution in [2.45, 2.75) is 44.9 Å². The minimum atomic E-state index is -1.24. The Hall–Kier alpha value is -3.54. The van der Waals surface area contributed by atoms with Crippen molar-refractivity contribution in [3.63, 3.8) is 0 Å². The summed E-state index contributed by atoms with van der Waals surface area (Å²) in [5.41, 5.74) is 1.71. The molecule has 3 rings (SSSR count). The number of carbonyl (C=O) groups is 2. The first-order chi connectivity index (χ1) is 16.9. The summed E-state index contributed by atoms with van der Waals surface area (Å²) in [6.07, 6.45) is 13.9. The first-order valence-corrected chi connectivity index (χ1v) is 12.3. The zero-order chi connectivity index (χ0) is 25.0. The highest BCUT2D eigenvalue weighted by Gasteiger charge is 2.17. The molecule has 2 aromatic carbocycles. The maximum atomic E-state index is 11.4. The van der Waals surface area contributed by atoms with E-state index in [1.165, 1.54) is 24.1 Å². The molecule has 1 aliphatic rings. The van der Waals surface area contributed by atoms with Crippen molar-refractivity contribution < 1.29 is 24.5 Å². The van der Waals surface area contributed by atoms with Gasteiger partial charge in [-0.3, -0.25) is 0 Å². The fraction of sp³-hybridized carbons (Fsp3) is 0.379. The van der Waals surface area contributed by atoms with Crippen molar-refractivity contribution in [2.24, 2.45) is 5.92 Å². The van der Waals surface area contributed by atoms with Crippen LogP contribution < -0.4 is 4.90 Å². The number of carboxylic acids is 2. The Balaban J connectivity index is 1.32. The standard InChI is InChI=1S/C29H35NO5/c1-30(24-15-18-26(28(31)32)27(21-24)29(33)34)19-8-12-23-13-16-25(17-14-23)35-20-7-3-6-11-22-9-4-2-5-10-22/h2,4-5,9-10,13,15-18,21,23H,3,6-8,11-12,14,19-20H2,1H3,(H,31,32)(H,33,34). The van der Waals surface area contributed by atoms with Crippen LogP contribution in [0.2, 0.25) is 0 Å². The van der Waals surface area contributed by atoms with E-state index in [0.29, 0.717) is 11.6 Å². The molecule has 6 nitrogen and oxygen atoms in total. The molecular formula is C29H35NO5. The third-order valence-electron chi connectivity index (χ3n) is 6.35. The van der Waals surface area contributed by atoms with Gasteiger partial charge in [-0.15, -0.1) is 0 Å². The van der Waals surface area contributed by atoms with Crippen LogP contribution in [0.25, 0.3) is 0 Å². The van der Waals surface area contributed by atoms with E-state index in [1.807, 2.05) is 18.0 Å². The average molecular weight is 478 g/mol. The van der Waals surface area contributed by atoms with Gasteiger partial charge in [-0.2, -0.15) is 0 Å². The lowest BCUT2D eigenvalue weighted by atomic mass is 9.95. The molecule has 0 aromatic heterocycles. The molecule has 1 aliphatic carbocycles. The van der Waals surface area contributed by atoms with E-state index in [0.717, 1.165) is 57.4 Å². The van der Waals surface area contributed by atoms with Gasteiger partial charge >= 0.3 is 11.9 Å². The predicted molar refractivity (Wildman–Crippen MR) is 138 cm³/mol. The van der Waals surface area contributed by atoms with Crippen molar-refractivity contribution >= 4 is 17.6 Å². The maximum absolute atomic E-state index is 11.4. The first-order valence-electron chi connectivity index (χ1n) is 12.3. The molecule has 0 aliphatic heterocycles. The van der Waals surface area contributed by atoms with Gasteiger partial charge in [0.25, 0.3) is 0 Å². The lowest BCUT2D eigenvalue weighted by Gasteiger charge is -2.22. The smallest absolute Gasteiger partial charge is 0.336 e. The maximum Gasteiger partial charge on any atom is 0.336 e. The van der Waals surface area contributed by atoms with Crippen LogP contribution in [0.15, 0.2) is 72.5 Å². The number of unbranched alkanes of at least 4 members (excludes halogenated alkanes) is 2. The molecule has 0 bridgehead atoms. The summed E-state index contributed by atoms with van der Waals surface area (Å²) in [7, 11) is 1.89. The van der Waals surface area contributed by atoms with E-state index >= 15 is 0 Å². The molecule has 0 saturated heterocycles.